The van der Waals surface area contributed by atoms with Gasteiger partial charge in [-0.3, -0.25) is 4.72 Å². The Morgan fingerprint density at radius 1 is 1.32 bits per heavy atom. The summed E-state index contributed by atoms with van der Waals surface area (Å²) in [5.74, 6) is 0.628. The van der Waals surface area contributed by atoms with Crippen LogP contribution in [0.4, 0.5) is 5.69 Å². The van der Waals surface area contributed by atoms with Crippen molar-refractivity contribution in [3.8, 4) is 0 Å². The van der Waals surface area contributed by atoms with Crippen LogP contribution < -0.4 is 4.72 Å². The summed E-state index contributed by atoms with van der Waals surface area (Å²) >= 11 is 5.87. The molecule has 0 bridgehead atoms. The van der Waals surface area contributed by atoms with E-state index in [9.17, 15) is 8.42 Å². The molecule has 0 unspecified atom stereocenters. The molecule has 0 saturated heterocycles. The Labute approximate surface area is 117 Å². The third-order valence-corrected chi connectivity index (χ3v) is 4.28. The molecule has 0 saturated carbocycles. The molecule has 0 atom stereocenters. The number of anilines is 1. The Balaban J connectivity index is 2.39. The van der Waals surface area contributed by atoms with Crippen molar-refractivity contribution in [1.29, 1.82) is 0 Å². The third kappa shape index (κ3) is 2.90. The normalized spacial score (nSPS) is 11.6. The number of nitrogens with zero attached hydrogens (tertiary/aromatic N) is 2. The topological polar surface area (TPSA) is 64.0 Å². The monoisotopic (exact) mass is 299 g/mol. The van der Waals surface area contributed by atoms with E-state index in [0.29, 0.717) is 16.5 Å². The lowest BCUT2D eigenvalue weighted by Gasteiger charge is -2.09. The van der Waals surface area contributed by atoms with Gasteiger partial charge in [-0.2, -0.15) is 8.42 Å². The van der Waals surface area contributed by atoms with Crippen molar-refractivity contribution in [2.45, 2.75) is 18.9 Å². The lowest BCUT2D eigenvalue weighted by molar-refractivity contribution is 0.598. The lowest BCUT2D eigenvalue weighted by atomic mass is 10.2. The molecule has 1 heterocycles. The Kier molecular flexibility index (Phi) is 3.56. The van der Waals surface area contributed by atoms with E-state index in [-0.39, 0.29) is 5.03 Å². The number of sulfonamides is 1. The highest BCUT2D eigenvalue weighted by molar-refractivity contribution is 7.92. The van der Waals surface area contributed by atoms with Crippen LogP contribution in [0.2, 0.25) is 5.02 Å². The molecule has 102 valence electrons. The number of halogens is 1. The smallest absolute Gasteiger partial charge is 0.280 e. The first-order valence-corrected chi connectivity index (χ1v) is 7.44. The predicted molar refractivity (Wildman–Crippen MR) is 74.9 cm³/mol. The quantitative estimate of drug-likeness (QED) is 0.947. The molecular weight excluding hydrogens is 286 g/mol. The van der Waals surface area contributed by atoms with Crippen molar-refractivity contribution in [3.63, 3.8) is 0 Å². The van der Waals surface area contributed by atoms with Crippen LogP contribution in [0.5, 0.6) is 0 Å². The van der Waals surface area contributed by atoms with Crippen molar-refractivity contribution >= 4 is 27.3 Å². The minimum absolute atomic E-state index is 0.00752. The number of rotatable bonds is 3. The van der Waals surface area contributed by atoms with E-state index >= 15 is 0 Å². The molecule has 0 fully saturated rings. The molecule has 1 aromatic heterocycles. The number of aromatic nitrogens is 2. The molecule has 0 aliphatic heterocycles. The van der Waals surface area contributed by atoms with Gasteiger partial charge in [0, 0.05) is 18.3 Å². The van der Waals surface area contributed by atoms with Crippen LogP contribution in [-0.2, 0) is 17.1 Å². The Bertz CT molecular complexity index is 703. The Morgan fingerprint density at radius 2 is 2.00 bits per heavy atom. The highest BCUT2D eigenvalue weighted by atomic mass is 35.5. The Hall–Kier alpha value is -1.53. The fraction of sp³-hybridized carbons (Fsp3) is 0.250. The van der Waals surface area contributed by atoms with Crippen LogP contribution in [0.1, 0.15) is 11.4 Å². The van der Waals surface area contributed by atoms with Crippen LogP contribution in [0.3, 0.4) is 0 Å². The van der Waals surface area contributed by atoms with Gasteiger partial charge in [0.15, 0.2) is 5.03 Å². The van der Waals surface area contributed by atoms with Gasteiger partial charge in [0.2, 0.25) is 0 Å². The van der Waals surface area contributed by atoms with Gasteiger partial charge in [-0.25, -0.2) is 4.98 Å². The SMILES string of the molecule is Cc1ccc(Cl)cc1NS(=O)(=O)c1cn(C)c(C)n1. The van der Waals surface area contributed by atoms with Gasteiger partial charge in [0.1, 0.15) is 5.82 Å². The van der Waals surface area contributed by atoms with E-state index < -0.39 is 10.0 Å². The molecular formula is C12H14ClN3O2S. The molecule has 0 radical (unpaired) electrons. The van der Waals surface area contributed by atoms with Crippen LogP contribution in [-0.4, -0.2) is 18.0 Å². The molecule has 0 amide bonds. The fourth-order valence-corrected chi connectivity index (χ4v) is 2.89. The average Bonchev–Trinajstić information content (AvgIpc) is 2.65. The van der Waals surface area contributed by atoms with Gasteiger partial charge < -0.3 is 4.57 Å². The zero-order valence-corrected chi connectivity index (χ0v) is 12.4. The van der Waals surface area contributed by atoms with Crippen molar-refractivity contribution in [2.24, 2.45) is 7.05 Å². The van der Waals surface area contributed by atoms with E-state index in [1.54, 1.807) is 43.7 Å². The standard InChI is InChI=1S/C12H14ClN3O2S/c1-8-4-5-10(13)6-11(8)15-19(17,18)12-7-16(3)9(2)14-12/h4-7,15H,1-3H3. The average molecular weight is 300 g/mol. The first-order valence-electron chi connectivity index (χ1n) is 5.58. The zero-order chi connectivity index (χ0) is 14.2. The highest BCUT2D eigenvalue weighted by Crippen LogP contribution is 2.23. The molecule has 0 spiro atoms. The van der Waals surface area contributed by atoms with E-state index in [2.05, 4.69) is 9.71 Å². The summed E-state index contributed by atoms with van der Waals surface area (Å²) in [6, 6.07) is 5.04. The van der Waals surface area contributed by atoms with Crippen molar-refractivity contribution in [2.75, 3.05) is 4.72 Å². The van der Waals surface area contributed by atoms with Gasteiger partial charge in [0.05, 0.1) is 5.69 Å². The first kappa shape index (κ1) is 13.9. The summed E-state index contributed by atoms with van der Waals surface area (Å²) in [7, 11) is -1.95. The summed E-state index contributed by atoms with van der Waals surface area (Å²) in [5.41, 5.74) is 1.25. The predicted octanol–water partition coefficient (Wildman–Crippen LogP) is 2.49. The summed E-state index contributed by atoms with van der Waals surface area (Å²) in [6.45, 7) is 3.54. The lowest BCUT2D eigenvalue weighted by Crippen LogP contribution is -2.14. The molecule has 19 heavy (non-hydrogen) atoms. The van der Waals surface area contributed by atoms with E-state index in [1.165, 1.54) is 6.20 Å². The maximum atomic E-state index is 12.2. The zero-order valence-electron chi connectivity index (χ0n) is 10.8. The second-order valence-electron chi connectivity index (χ2n) is 4.30. The Morgan fingerprint density at radius 3 is 2.58 bits per heavy atom. The highest BCUT2D eigenvalue weighted by Gasteiger charge is 2.19. The van der Waals surface area contributed by atoms with Gasteiger partial charge >= 0.3 is 0 Å². The number of imidazole rings is 1. The molecule has 1 N–H and O–H groups in total. The second-order valence-corrected chi connectivity index (χ2v) is 6.37. The summed E-state index contributed by atoms with van der Waals surface area (Å²) in [5, 5.41) is 0.465. The van der Waals surface area contributed by atoms with Crippen molar-refractivity contribution in [1.82, 2.24) is 9.55 Å². The van der Waals surface area contributed by atoms with Gasteiger partial charge in [-0.15, -0.1) is 0 Å². The largest absolute Gasteiger partial charge is 0.337 e. The molecule has 5 nitrogen and oxygen atoms in total. The molecule has 0 aliphatic carbocycles. The number of aryl methyl sites for hydroxylation is 3. The van der Waals surface area contributed by atoms with Crippen LogP contribution in [0.25, 0.3) is 0 Å². The number of benzene rings is 1. The van der Waals surface area contributed by atoms with Crippen LogP contribution in [0.15, 0.2) is 29.4 Å². The van der Waals surface area contributed by atoms with Gasteiger partial charge in [-0.05, 0) is 31.5 Å². The van der Waals surface area contributed by atoms with E-state index in [0.717, 1.165) is 5.56 Å². The molecule has 7 heteroatoms. The molecule has 0 aliphatic rings. The minimum Gasteiger partial charge on any atom is -0.337 e. The molecule has 1 aromatic carbocycles. The van der Waals surface area contributed by atoms with Crippen molar-refractivity contribution < 1.29 is 8.42 Å². The first-order chi connectivity index (χ1) is 8.79. The van der Waals surface area contributed by atoms with E-state index in [4.69, 9.17) is 11.6 Å². The summed E-state index contributed by atoms with van der Waals surface area (Å²) in [4.78, 5) is 4.01. The maximum Gasteiger partial charge on any atom is 0.280 e. The fourth-order valence-electron chi connectivity index (χ4n) is 1.56. The number of hydrogen-bond donors (Lipinski definition) is 1. The maximum absolute atomic E-state index is 12.2. The van der Waals surface area contributed by atoms with E-state index in [1.807, 2.05) is 0 Å². The number of hydrogen-bond acceptors (Lipinski definition) is 3. The van der Waals surface area contributed by atoms with Crippen molar-refractivity contribution in [3.05, 3.63) is 40.8 Å². The summed E-state index contributed by atoms with van der Waals surface area (Å²) < 4.78 is 28.5. The van der Waals surface area contributed by atoms with Gasteiger partial charge in [0.25, 0.3) is 10.0 Å². The third-order valence-electron chi connectivity index (χ3n) is 2.81. The summed E-state index contributed by atoms with van der Waals surface area (Å²) in [6.07, 6.45) is 1.47. The molecule has 2 aromatic rings. The number of nitrogens with one attached hydrogen (secondary N) is 1. The van der Waals surface area contributed by atoms with Crippen LogP contribution in [0, 0.1) is 13.8 Å². The van der Waals surface area contributed by atoms with Gasteiger partial charge in [-0.1, -0.05) is 17.7 Å². The van der Waals surface area contributed by atoms with Crippen LogP contribution >= 0.6 is 11.6 Å². The second kappa shape index (κ2) is 4.86. The minimum atomic E-state index is -3.69. The molecule has 2 rings (SSSR count).